The fourth-order valence-corrected chi connectivity index (χ4v) is 2.68. The van der Waals surface area contributed by atoms with Gasteiger partial charge in [-0.2, -0.15) is 0 Å². The normalized spacial score (nSPS) is 10.1. The minimum atomic E-state index is -0.417. The van der Waals surface area contributed by atoms with Gasteiger partial charge in [0.1, 0.15) is 11.6 Å². The number of fused-ring (bicyclic) bond motifs is 2. The number of pyridine rings is 2. The molecule has 0 unspecified atom stereocenters. The molecule has 2 N–H and O–H groups in total. The number of hydrogen-bond acceptors (Lipinski definition) is 3. The highest BCUT2D eigenvalue weighted by atomic mass is 19.1. The summed E-state index contributed by atoms with van der Waals surface area (Å²) in [7, 11) is 0. The highest BCUT2D eigenvalue weighted by Crippen LogP contribution is 2.26. The Morgan fingerprint density at radius 2 is 1.70 bits per heavy atom. The molecule has 4 rings (SSSR count). The van der Waals surface area contributed by atoms with Gasteiger partial charge in [0.15, 0.2) is 0 Å². The average molecular weight is 366 g/mol. The van der Waals surface area contributed by atoms with E-state index in [1.165, 1.54) is 12.5 Å². The SMILES string of the molecule is CC.CCC.Cc1cc2ccn(-c3cc4c(N)c(F)ccc4cn3)c2cn1. The van der Waals surface area contributed by atoms with Gasteiger partial charge in [-0.25, -0.2) is 9.37 Å². The molecular weight excluding hydrogens is 339 g/mol. The molecule has 142 valence electrons. The minimum absolute atomic E-state index is 0.145. The molecule has 0 saturated heterocycles. The van der Waals surface area contributed by atoms with E-state index in [1.54, 1.807) is 18.3 Å². The Bertz CT molecular complexity index is 1040. The van der Waals surface area contributed by atoms with E-state index in [1.807, 2.05) is 49.9 Å². The molecule has 4 aromatic rings. The summed E-state index contributed by atoms with van der Waals surface area (Å²) in [6.45, 7) is 10.2. The van der Waals surface area contributed by atoms with Crippen LogP contribution in [-0.4, -0.2) is 14.5 Å². The summed E-state index contributed by atoms with van der Waals surface area (Å²) in [5, 5.41) is 2.56. The van der Waals surface area contributed by atoms with Crippen molar-refractivity contribution >= 4 is 27.4 Å². The van der Waals surface area contributed by atoms with Gasteiger partial charge in [-0.1, -0.05) is 34.1 Å². The zero-order chi connectivity index (χ0) is 20.0. The molecule has 0 radical (unpaired) electrons. The Balaban J connectivity index is 0.000000478. The van der Waals surface area contributed by atoms with Crippen molar-refractivity contribution in [2.75, 3.05) is 5.73 Å². The first-order chi connectivity index (χ1) is 13.0. The van der Waals surface area contributed by atoms with Gasteiger partial charge in [0.05, 0.1) is 17.4 Å². The maximum Gasteiger partial charge on any atom is 0.146 e. The second-order valence-corrected chi connectivity index (χ2v) is 6.00. The fourth-order valence-electron chi connectivity index (χ4n) is 2.68. The van der Waals surface area contributed by atoms with E-state index in [4.69, 9.17) is 5.73 Å². The number of nitrogens with zero attached hydrogens (tertiary/aromatic N) is 3. The monoisotopic (exact) mass is 366 g/mol. The molecule has 27 heavy (non-hydrogen) atoms. The van der Waals surface area contributed by atoms with E-state index in [9.17, 15) is 4.39 Å². The van der Waals surface area contributed by atoms with E-state index in [0.717, 1.165) is 22.0 Å². The van der Waals surface area contributed by atoms with Gasteiger partial charge in [0.2, 0.25) is 0 Å². The molecular formula is C22H27FN4. The molecule has 0 atom stereocenters. The second-order valence-electron chi connectivity index (χ2n) is 6.00. The minimum Gasteiger partial charge on any atom is -0.396 e. The van der Waals surface area contributed by atoms with Crippen LogP contribution < -0.4 is 5.73 Å². The molecule has 0 aliphatic rings. The van der Waals surface area contributed by atoms with Crippen LogP contribution in [0.3, 0.4) is 0 Å². The predicted molar refractivity (Wildman–Crippen MR) is 113 cm³/mol. The lowest BCUT2D eigenvalue weighted by atomic mass is 10.1. The lowest BCUT2D eigenvalue weighted by Crippen LogP contribution is -1.98. The van der Waals surface area contributed by atoms with Crippen LogP contribution in [0.5, 0.6) is 0 Å². The van der Waals surface area contributed by atoms with Gasteiger partial charge in [-0.15, -0.1) is 0 Å². The van der Waals surface area contributed by atoms with Crippen molar-refractivity contribution in [3.05, 3.63) is 60.4 Å². The smallest absolute Gasteiger partial charge is 0.146 e. The topological polar surface area (TPSA) is 56.7 Å². The Morgan fingerprint density at radius 1 is 1.00 bits per heavy atom. The molecule has 0 fully saturated rings. The summed E-state index contributed by atoms with van der Waals surface area (Å²) in [4.78, 5) is 8.78. The van der Waals surface area contributed by atoms with E-state index in [2.05, 4.69) is 23.8 Å². The number of nitrogen functional groups attached to an aromatic ring is 1. The maximum absolute atomic E-state index is 13.7. The molecule has 4 nitrogen and oxygen atoms in total. The quantitative estimate of drug-likeness (QED) is 0.417. The van der Waals surface area contributed by atoms with Crippen molar-refractivity contribution in [1.82, 2.24) is 14.5 Å². The Hall–Kier alpha value is -2.95. The molecule has 0 aliphatic carbocycles. The summed E-state index contributed by atoms with van der Waals surface area (Å²) in [5.41, 5.74) is 7.91. The van der Waals surface area contributed by atoms with Crippen LogP contribution >= 0.6 is 0 Å². The number of benzene rings is 1. The molecule has 3 heterocycles. The van der Waals surface area contributed by atoms with Crippen LogP contribution in [-0.2, 0) is 0 Å². The number of halogens is 1. The lowest BCUT2D eigenvalue weighted by molar-refractivity contribution is 0.634. The first-order valence-corrected chi connectivity index (χ1v) is 9.33. The first kappa shape index (κ1) is 20.4. The van der Waals surface area contributed by atoms with Crippen LogP contribution in [0.25, 0.3) is 27.5 Å². The van der Waals surface area contributed by atoms with Gasteiger partial charge in [0.25, 0.3) is 0 Å². The molecule has 0 aliphatic heterocycles. The highest BCUT2D eigenvalue weighted by molar-refractivity contribution is 5.94. The third-order valence-corrected chi connectivity index (χ3v) is 3.84. The average Bonchev–Trinajstić information content (AvgIpc) is 3.10. The zero-order valence-corrected chi connectivity index (χ0v) is 16.6. The number of hydrogen-bond donors (Lipinski definition) is 1. The number of anilines is 1. The first-order valence-electron chi connectivity index (χ1n) is 9.33. The molecule has 0 bridgehead atoms. The Kier molecular flexibility index (Phi) is 6.88. The van der Waals surface area contributed by atoms with Crippen molar-refractivity contribution in [3.8, 4) is 5.82 Å². The molecule has 3 aromatic heterocycles. The fraction of sp³-hybridized carbons (Fsp3) is 0.273. The predicted octanol–water partition coefficient (Wildman–Crippen LogP) is 6.05. The van der Waals surface area contributed by atoms with Crippen molar-refractivity contribution in [1.29, 1.82) is 0 Å². The van der Waals surface area contributed by atoms with Crippen LogP contribution in [0.2, 0.25) is 0 Å². The van der Waals surface area contributed by atoms with Gasteiger partial charge < -0.3 is 5.73 Å². The molecule has 0 saturated carbocycles. The van der Waals surface area contributed by atoms with E-state index < -0.39 is 5.82 Å². The standard InChI is InChI=1S/C17H13FN4.C3H8.C2H6/c1-10-6-11-4-5-22(15(11)9-20-10)16-7-13-12(8-21-16)2-3-14(18)17(13)19;1-3-2;1-2/h2-9H,19H2,1H3;3H2,1-2H3;1-2H3. The van der Waals surface area contributed by atoms with Crippen molar-refractivity contribution in [3.63, 3.8) is 0 Å². The third kappa shape index (κ3) is 4.25. The summed E-state index contributed by atoms with van der Waals surface area (Å²) in [6.07, 6.45) is 6.69. The van der Waals surface area contributed by atoms with Crippen LogP contribution in [0.4, 0.5) is 10.1 Å². The zero-order valence-electron chi connectivity index (χ0n) is 16.6. The maximum atomic E-state index is 13.7. The van der Waals surface area contributed by atoms with Crippen LogP contribution in [0.1, 0.15) is 39.8 Å². The summed E-state index contributed by atoms with van der Waals surface area (Å²) in [5.74, 6) is 0.268. The van der Waals surface area contributed by atoms with E-state index in [-0.39, 0.29) is 5.69 Å². The molecule has 0 amide bonds. The lowest BCUT2D eigenvalue weighted by Gasteiger charge is -2.08. The van der Waals surface area contributed by atoms with Crippen molar-refractivity contribution in [2.24, 2.45) is 0 Å². The van der Waals surface area contributed by atoms with Crippen molar-refractivity contribution < 1.29 is 4.39 Å². The molecule has 5 heteroatoms. The summed E-state index contributed by atoms with van der Waals surface area (Å²) in [6, 6.07) is 8.85. The van der Waals surface area contributed by atoms with Gasteiger partial charge in [0, 0.05) is 34.2 Å². The van der Waals surface area contributed by atoms with Crippen LogP contribution in [0, 0.1) is 12.7 Å². The third-order valence-electron chi connectivity index (χ3n) is 3.84. The largest absolute Gasteiger partial charge is 0.396 e. The number of rotatable bonds is 1. The Labute approximate surface area is 159 Å². The number of aromatic nitrogens is 3. The molecule has 0 spiro atoms. The van der Waals surface area contributed by atoms with Gasteiger partial charge in [-0.05, 0) is 37.3 Å². The summed E-state index contributed by atoms with van der Waals surface area (Å²) < 4.78 is 15.6. The van der Waals surface area contributed by atoms with Crippen molar-refractivity contribution in [2.45, 2.75) is 41.0 Å². The highest BCUT2D eigenvalue weighted by Gasteiger charge is 2.09. The summed E-state index contributed by atoms with van der Waals surface area (Å²) >= 11 is 0. The van der Waals surface area contributed by atoms with Gasteiger partial charge in [-0.3, -0.25) is 9.55 Å². The van der Waals surface area contributed by atoms with E-state index in [0.29, 0.717) is 11.2 Å². The van der Waals surface area contributed by atoms with Gasteiger partial charge >= 0.3 is 0 Å². The van der Waals surface area contributed by atoms with E-state index >= 15 is 0 Å². The Morgan fingerprint density at radius 3 is 2.41 bits per heavy atom. The van der Waals surface area contributed by atoms with Crippen LogP contribution in [0.15, 0.2) is 48.9 Å². The second kappa shape index (κ2) is 9.12. The number of nitrogens with two attached hydrogens (primary N) is 1. The number of aryl methyl sites for hydroxylation is 1. The molecule has 1 aromatic carbocycles.